The van der Waals surface area contributed by atoms with E-state index in [1.54, 1.807) is 11.8 Å². The summed E-state index contributed by atoms with van der Waals surface area (Å²) < 4.78 is 1.98. The Morgan fingerprint density at radius 2 is 2.14 bits per heavy atom. The van der Waals surface area contributed by atoms with Gasteiger partial charge in [0.15, 0.2) is 5.16 Å². The molecule has 2 aromatic rings. The summed E-state index contributed by atoms with van der Waals surface area (Å²) >= 11 is 1.67. The molecule has 114 valence electrons. The summed E-state index contributed by atoms with van der Waals surface area (Å²) in [5.74, 6) is 1.65. The Balaban J connectivity index is 2.29. The highest BCUT2D eigenvalue weighted by atomic mass is 32.2. The Morgan fingerprint density at radius 3 is 2.86 bits per heavy atom. The summed E-state index contributed by atoms with van der Waals surface area (Å²) in [7, 11) is 2.01. The van der Waals surface area contributed by atoms with Crippen LogP contribution in [0.15, 0.2) is 23.6 Å². The Kier molecular flexibility index (Phi) is 5.79. The first-order valence-electron chi connectivity index (χ1n) is 7.62. The second kappa shape index (κ2) is 7.59. The molecular weight excluding hydrogens is 280 g/mol. The van der Waals surface area contributed by atoms with Gasteiger partial charge in [0.2, 0.25) is 0 Å². The lowest BCUT2D eigenvalue weighted by Crippen LogP contribution is -2.06. The Morgan fingerprint density at radius 1 is 1.33 bits per heavy atom. The molecule has 0 aliphatic rings. The maximum Gasteiger partial charge on any atom is 0.188 e. The van der Waals surface area contributed by atoms with E-state index in [0.29, 0.717) is 5.92 Å². The summed E-state index contributed by atoms with van der Waals surface area (Å²) in [6.45, 7) is 6.65. The number of thioether (sulfide) groups is 1. The molecule has 1 unspecified atom stereocenters. The molecule has 0 bridgehead atoms. The first-order valence-corrected chi connectivity index (χ1v) is 8.61. The van der Waals surface area contributed by atoms with Crippen molar-refractivity contribution in [3.05, 3.63) is 24.2 Å². The zero-order valence-corrected chi connectivity index (χ0v) is 14.2. The van der Waals surface area contributed by atoms with E-state index in [4.69, 9.17) is 0 Å². The smallest absolute Gasteiger partial charge is 0.188 e. The van der Waals surface area contributed by atoms with E-state index in [9.17, 15) is 0 Å². The SMILES string of the molecule is CCCC(C)Cc1c(-c2ccnc(SCC)n2)cnn1C. The summed E-state index contributed by atoms with van der Waals surface area (Å²) in [6.07, 6.45) is 7.27. The largest absolute Gasteiger partial charge is 0.272 e. The highest BCUT2D eigenvalue weighted by molar-refractivity contribution is 7.99. The summed E-state index contributed by atoms with van der Waals surface area (Å²) in [5, 5.41) is 5.27. The third-order valence-corrected chi connectivity index (χ3v) is 4.31. The minimum absolute atomic E-state index is 0.662. The van der Waals surface area contributed by atoms with Crippen molar-refractivity contribution in [1.82, 2.24) is 19.7 Å². The van der Waals surface area contributed by atoms with Crippen LogP contribution in [0, 0.1) is 5.92 Å². The molecule has 0 aromatic carbocycles. The normalized spacial score (nSPS) is 12.6. The summed E-state index contributed by atoms with van der Waals surface area (Å²) in [6, 6.07) is 1.98. The molecule has 0 amide bonds. The molecule has 0 spiro atoms. The average Bonchev–Trinajstić information content (AvgIpc) is 2.81. The molecule has 21 heavy (non-hydrogen) atoms. The minimum atomic E-state index is 0.662. The van der Waals surface area contributed by atoms with E-state index in [1.165, 1.54) is 18.5 Å². The predicted octanol–water partition coefficient (Wildman–Crippen LogP) is 3.97. The molecule has 0 fully saturated rings. The van der Waals surface area contributed by atoms with Crippen LogP contribution in [0.1, 0.15) is 39.3 Å². The standard InChI is InChI=1S/C16H24N4S/c1-5-7-12(3)10-15-13(11-18-20(15)4)14-8-9-17-16(19-14)21-6-2/h8-9,11-12H,5-7,10H2,1-4H3. The number of hydrogen-bond donors (Lipinski definition) is 0. The van der Waals surface area contributed by atoms with Gasteiger partial charge in [-0.15, -0.1) is 0 Å². The Bertz CT molecular complexity index is 579. The van der Waals surface area contributed by atoms with Crippen molar-refractivity contribution in [2.24, 2.45) is 13.0 Å². The fourth-order valence-corrected chi connectivity index (χ4v) is 3.09. The molecule has 4 nitrogen and oxygen atoms in total. The molecule has 2 aromatic heterocycles. The zero-order chi connectivity index (χ0) is 15.2. The van der Waals surface area contributed by atoms with Crippen molar-refractivity contribution in [2.45, 2.75) is 45.2 Å². The Hall–Kier alpha value is -1.36. The highest BCUT2D eigenvalue weighted by Gasteiger charge is 2.15. The van der Waals surface area contributed by atoms with Crippen LogP contribution in [-0.2, 0) is 13.5 Å². The van der Waals surface area contributed by atoms with Gasteiger partial charge in [-0.3, -0.25) is 4.68 Å². The maximum atomic E-state index is 4.66. The van der Waals surface area contributed by atoms with E-state index >= 15 is 0 Å². The molecule has 0 N–H and O–H groups in total. The molecular formula is C16H24N4S. The summed E-state index contributed by atoms with van der Waals surface area (Å²) in [4.78, 5) is 8.96. The molecule has 0 aliphatic heterocycles. The number of aryl methyl sites for hydroxylation is 1. The lowest BCUT2D eigenvalue weighted by Gasteiger charge is -2.12. The summed E-state index contributed by atoms with van der Waals surface area (Å²) in [5.41, 5.74) is 3.38. The van der Waals surface area contributed by atoms with Gasteiger partial charge in [-0.1, -0.05) is 45.4 Å². The second-order valence-electron chi connectivity index (χ2n) is 5.38. The van der Waals surface area contributed by atoms with Crippen molar-refractivity contribution in [1.29, 1.82) is 0 Å². The quantitative estimate of drug-likeness (QED) is 0.573. The van der Waals surface area contributed by atoms with Gasteiger partial charge in [0.1, 0.15) is 0 Å². The van der Waals surface area contributed by atoms with Gasteiger partial charge >= 0.3 is 0 Å². The van der Waals surface area contributed by atoms with Crippen molar-refractivity contribution in [3.63, 3.8) is 0 Å². The van der Waals surface area contributed by atoms with E-state index in [1.807, 2.05) is 30.2 Å². The van der Waals surface area contributed by atoms with Crippen LogP contribution in [0.2, 0.25) is 0 Å². The van der Waals surface area contributed by atoms with Crippen LogP contribution in [0.25, 0.3) is 11.3 Å². The zero-order valence-electron chi connectivity index (χ0n) is 13.3. The van der Waals surface area contributed by atoms with E-state index in [2.05, 4.69) is 35.8 Å². The number of hydrogen-bond acceptors (Lipinski definition) is 4. The number of aromatic nitrogens is 4. The van der Waals surface area contributed by atoms with Crippen LogP contribution < -0.4 is 0 Å². The van der Waals surface area contributed by atoms with Crippen molar-refractivity contribution >= 4 is 11.8 Å². The first-order chi connectivity index (χ1) is 10.2. The predicted molar refractivity (Wildman–Crippen MR) is 88.4 cm³/mol. The van der Waals surface area contributed by atoms with Crippen LogP contribution in [0.4, 0.5) is 0 Å². The van der Waals surface area contributed by atoms with Gasteiger partial charge in [0.05, 0.1) is 11.9 Å². The van der Waals surface area contributed by atoms with Crippen LogP contribution in [-0.4, -0.2) is 25.5 Å². The van der Waals surface area contributed by atoms with Crippen LogP contribution >= 0.6 is 11.8 Å². The first kappa shape index (κ1) is 16.0. The Labute approximate surface area is 131 Å². The van der Waals surface area contributed by atoms with E-state index in [0.717, 1.165) is 28.6 Å². The second-order valence-corrected chi connectivity index (χ2v) is 6.62. The average molecular weight is 304 g/mol. The molecule has 0 saturated heterocycles. The molecule has 2 rings (SSSR count). The lowest BCUT2D eigenvalue weighted by molar-refractivity contribution is 0.503. The van der Waals surface area contributed by atoms with E-state index in [-0.39, 0.29) is 0 Å². The minimum Gasteiger partial charge on any atom is -0.272 e. The molecule has 0 radical (unpaired) electrons. The fourth-order valence-electron chi connectivity index (χ4n) is 2.53. The van der Waals surface area contributed by atoms with E-state index < -0.39 is 0 Å². The van der Waals surface area contributed by atoms with Gasteiger partial charge in [-0.05, 0) is 24.2 Å². The molecule has 1 atom stereocenters. The van der Waals surface area contributed by atoms with Crippen LogP contribution in [0.3, 0.4) is 0 Å². The number of nitrogens with zero attached hydrogens (tertiary/aromatic N) is 4. The third-order valence-electron chi connectivity index (χ3n) is 3.57. The lowest BCUT2D eigenvalue weighted by atomic mass is 9.97. The maximum absolute atomic E-state index is 4.66. The monoisotopic (exact) mass is 304 g/mol. The van der Waals surface area contributed by atoms with Crippen molar-refractivity contribution in [3.8, 4) is 11.3 Å². The topological polar surface area (TPSA) is 43.6 Å². The van der Waals surface area contributed by atoms with Crippen molar-refractivity contribution in [2.75, 3.05) is 5.75 Å². The van der Waals surface area contributed by atoms with Gasteiger partial charge < -0.3 is 0 Å². The molecule has 5 heteroatoms. The fraction of sp³-hybridized carbons (Fsp3) is 0.562. The van der Waals surface area contributed by atoms with Gasteiger partial charge in [-0.25, -0.2) is 9.97 Å². The van der Waals surface area contributed by atoms with Gasteiger partial charge in [0.25, 0.3) is 0 Å². The highest BCUT2D eigenvalue weighted by Crippen LogP contribution is 2.26. The van der Waals surface area contributed by atoms with Crippen molar-refractivity contribution < 1.29 is 0 Å². The molecule has 0 aliphatic carbocycles. The number of rotatable bonds is 7. The third kappa shape index (κ3) is 4.06. The molecule has 0 saturated carbocycles. The van der Waals surface area contributed by atoms with Crippen LogP contribution in [0.5, 0.6) is 0 Å². The van der Waals surface area contributed by atoms with Gasteiger partial charge in [-0.2, -0.15) is 5.10 Å². The molecule has 2 heterocycles. The van der Waals surface area contributed by atoms with Gasteiger partial charge in [0, 0.05) is 24.5 Å².